The first kappa shape index (κ1) is 8.46. The average Bonchev–Trinajstić information content (AvgIpc) is 2.08. The lowest BCUT2D eigenvalue weighted by Gasteiger charge is -1.98. The van der Waals surface area contributed by atoms with Crippen molar-refractivity contribution in [1.82, 2.24) is 9.78 Å². The molecule has 0 aromatic carbocycles. The Morgan fingerprint density at radius 2 is 2.25 bits per heavy atom. The molecule has 0 radical (unpaired) electrons. The zero-order valence-corrected chi connectivity index (χ0v) is 7.07. The molecule has 0 unspecified atom stereocenters. The molecule has 1 heterocycles. The normalized spacial score (nSPS) is 11.2. The minimum absolute atomic E-state index is 0.727. The highest BCUT2D eigenvalue weighted by atomic mass is 15.3. The second-order valence-corrected chi connectivity index (χ2v) is 2.27. The first-order chi connectivity index (χ1) is 5.77. The van der Waals surface area contributed by atoms with Crippen molar-refractivity contribution < 1.29 is 0 Å². The summed E-state index contributed by atoms with van der Waals surface area (Å²) in [5.41, 5.74) is 1.66. The molecule has 3 nitrogen and oxygen atoms in total. The van der Waals surface area contributed by atoms with Crippen LogP contribution >= 0.6 is 0 Å². The van der Waals surface area contributed by atoms with Crippen LogP contribution in [0.15, 0.2) is 36.5 Å². The number of hydrogen-bond acceptors (Lipinski definition) is 2. The van der Waals surface area contributed by atoms with Crippen molar-refractivity contribution in [3.05, 3.63) is 42.7 Å². The van der Waals surface area contributed by atoms with Crippen LogP contribution in [0.5, 0.6) is 0 Å². The fourth-order valence-electron chi connectivity index (χ4n) is 0.856. The number of aryl methyl sites for hydroxylation is 1. The van der Waals surface area contributed by atoms with Gasteiger partial charge in [0.15, 0.2) is 5.49 Å². The van der Waals surface area contributed by atoms with Crippen molar-refractivity contribution in [3.63, 3.8) is 0 Å². The van der Waals surface area contributed by atoms with Crippen LogP contribution in [0.25, 0.3) is 6.20 Å². The SMILES string of the molecule is C=CN=c1ccc(C)nn1C=C. The lowest BCUT2D eigenvalue weighted by atomic mass is 10.4. The van der Waals surface area contributed by atoms with Gasteiger partial charge in [0, 0.05) is 12.4 Å². The first-order valence-electron chi connectivity index (χ1n) is 3.61. The van der Waals surface area contributed by atoms with Gasteiger partial charge in [-0.1, -0.05) is 13.2 Å². The molecule has 0 fully saturated rings. The third kappa shape index (κ3) is 1.69. The second kappa shape index (κ2) is 3.67. The van der Waals surface area contributed by atoms with E-state index in [2.05, 4.69) is 23.2 Å². The Morgan fingerprint density at radius 3 is 2.83 bits per heavy atom. The molecule has 0 saturated heterocycles. The van der Waals surface area contributed by atoms with Crippen LogP contribution in [-0.4, -0.2) is 9.78 Å². The number of rotatable bonds is 2. The molecule has 0 spiro atoms. The maximum absolute atomic E-state index is 4.17. The quantitative estimate of drug-likeness (QED) is 0.643. The Kier molecular flexibility index (Phi) is 2.58. The van der Waals surface area contributed by atoms with Crippen molar-refractivity contribution in [3.8, 4) is 0 Å². The third-order valence-electron chi connectivity index (χ3n) is 1.37. The molecular formula is C9H11N3. The topological polar surface area (TPSA) is 30.2 Å². The van der Waals surface area contributed by atoms with E-state index in [1.165, 1.54) is 6.20 Å². The monoisotopic (exact) mass is 161 g/mol. The summed E-state index contributed by atoms with van der Waals surface area (Å²) in [6.45, 7) is 9.05. The molecule has 0 aliphatic heterocycles. The molecule has 1 aromatic heterocycles. The average molecular weight is 161 g/mol. The molecule has 0 amide bonds. The summed E-state index contributed by atoms with van der Waals surface area (Å²) < 4.78 is 1.61. The largest absolute Gasteiger partial charge is 0.238 e. The molecule has 1 rings (SSSR count). The summed E-state index contributed by atoms with van der Waals surface area (Å²) >= 11 is 0. The van der Waals surface area contributed by atoms with E-state index in [0.29, 0.717) is 0 Å². The molecule has 0 atom stereocenters. The molecule has 12 heavy (non-hydrogen) atoms. The highest BCUT2D eigenvalue weighted by Crippen LogP contribution is 1.85. The zero-order chi connectivity index (χ0) is 8.97. The van der Waals surface area contributed by atoms with E-state index in [4.69, 9.17) is 0 Å². The van der Waals surface area contributed by atoms with E-state index in [0.717, 1.165) is 11.2 Å². The van der Waals surface area contributed by atoms with Gasteiger partial charge in [0.2, 0.25) is 0 Å². The van der Waals surface area contributed by atoms with Crippen LogP contribution in [0.3, 0.4) is 0 Å². The van der Waals surface area contributed by atoms with Gasteiger partial charge < -0.3 is 0 Å². The van der Waals surface area contributed by atoms with Crippen molar-refractivity contribution >= 4 is 6.20 Å². The Morgan fingerprint density at radius 1 is 1.50 bits per heavy atom. The van der Waals surface area contributed by atoms with E-state index in [-0.39, 0.29) is 0 Å². The van der Waals surface area contributed by atoms with Crippen LogP contribution < -0.4 is 5.49 Å². The van der Waals surface area contributed by atoms with Gasteiger partial charge in [-0.3, -0.25) is 0 Å². The summed E-state index contributed by atoms with van der Waals surface area (Å²) in [6, 6.07) is 3.76. The van der Waals surface area contributed by atoms with Crippen molar-refractivity contribution in [2.24, 2.45) is 4.99 Å². The van der Waals surface area contributed by atoms with Gasteiger partial charge in [-0.15, -0.1) is 0 Å². The van der Waals surface area contributed by atoms with Gasteiger partial charge in [-0.05, 0) is 19.1 Å². The van der Waals surface area contributed by atoms with Crippen LogP contribution in [-0.2, 0) is 0 Å². The maximum Gasteiger partial charge on any atom is 0.153 e. The Hall–Kier alpha value is -1.64. The zero-order valence-electron chi connectivity index (χ0n) is 7.07. The van der Waals surface area contributed by atoms with Crippen molar-refractivity contribution in [2.75, 3.05) is 0 Å². The second-order valence-electron chi connectivity index (χ2n) is 2.27. The molecule has 0 bridgehead atoms. The number of hydrogen-bond donors (Lipinski definition) is 0. The van der Waals surface area contributed by atoms with E-state index < -0.39 is 0 Å². The fraction of sp³-hybridized carbons (Fsp3) is 0.111. The van der Waals surface area contributed by atoms with Crippen molar-refractivity contribution in [1.29, 1.82) is 0 Å². The summed E-state index contributed by atoms with van der Waals surface area (Å²) in [5.74, 6) is 0. The highest BCUT2D eigenvalue weighted by molar-refractivity contribution is 5.14. The van der Waals surface area contributed by atoms with Crippen molar-refractivity contribution in [2.45, 2.75) is 6.92 Å². The molecule has 1 aromatic rings. The van der Waals surface area contributed by atoms with Gasteiger partial charge in [0.05, 0.1) is 5.69 Å². The smallest absolute Gasteiger partial charge is 0.153 e. The molecule has 0 aliphatic rings. The Labute approximate surface area is 71.4 Å². The van der Waals surface area contributed by atoms with E-state index in [1.807, 2.05) is 19.1 Å². The Balaban J connectivity index is 3.39. The minimum atomic E-state index is 0.727. The van der Waals surface area contributed by atoms with Crippen LogP contribution in [0.4, 0.5) is 0 Å². The van der Waals surface area contributed by atoms with Crippen LogP contribution in [0.2, 0.25) is 0 Å². The van der Waals surface area contributed by atoms with Gasteiger partial charge in [0.25, 0.3) is 0 Å². The molecule has 0 aliphatic carbocycles. The lowest BCUT2D eigenvalue weighted by molar-refractivity contribution is 0.807. The maximum atomic E-state index is 4.17. The summed E-state index contributed by atoms with van der Waals surface area (Å²) in [5, 5.41) is 4.17. The molecule has 0 N–H and O–H groups in total. The minimum Gasteiger partial charge on any atom is -0.238 e. The molecule has 3 heteroatoms. The fourth-order valence-corrected chi connectivity index (χ4v) is 0.856. The molecule has 62 valence electrons. The first-order valence-corrected chi connectivity index (χ1v) is 3.61. The van der Waals surface area contributed by atoms with Crippen LogP contribution in [0.1, 0.15) is 5.69 Å². The van der Waals surface area contributed by atoms with E-state index in [1.54, 1.807) is 10.9 Å². The highest BCUT2D eigenvalue weighted by Gasteiger charge is 1.89. The number of nitrogens with zero attached hydrogens (tertiary/aromatic N) is 3. The predicted octanol–water partition coefficient (Wildman–Crippen LogP) is 1.34. The number of aromatic nitrogens is 2. The van der Waals surface area contributed by atoms with E-state index in [9.17, 15) is 0 Å². The third-order valence-corrected chi connectivity index (χ3v) is 1.37. The van der Waals surface area contributed by atoms with Gasteiger partial charge in [-0.25, -0.2) is 9.67 Å². The summed E-state index contributed by atoms with van der Waals surface area (Å²) in [4.78, 5) is 4.01. The van der Waals surface area contributed by atoms with Crippen LogP contribution in [0, 0.1) is 6.92 Å². The van der Waals surface area contributed by atoms with E-state index >= 15 is 0 Å². The summed E-state index contributed by atoms with van der Waals surface area (Å²) in [7, 11) is 0. The predicted molar refractivity (Wildman–Crippen MR) is 49.1 cm³/mol. The van der Waals surface area contributed by atoms with Gasteiger partial charge >= 0.3 is 0 Å². The van der Waals surface area contributed by atoms with Gasteiger partial charge in [0.1, 0.15) is 0 Å². The standard InChI is InChI=1S/C9H11N3/c1-4-10-9-7-6-8(3)11-12(9)5-2/h4-7H,1-2H2,3H3. The molecular weight excluding hydrogens is 150 g/mol. The van der Waals surface area contributed by atoms with Gasteiger partial charge in [-0.2, -0.15) is 5.10 Å². The summed E-state index contributed by atoms with van der Waals surface area (Å²) in [6.07, 6.45) is 3.08. The molecule has 0 saturated carbocycles. The Bertz CT molecular complexity index is 360. The lowest BCUT2D eigenvalue weighted by Crippen LogP contribution is -2.18.